The van der Waals surface area contributed by atoms with Crippen LogP contribution in [0.2, 0.25) is 5.02 Å². The third-order valence-corrected chi connectivity index (χ3v) is 6.02. The van der Waals surface area contributed by atoms with E-state index in [0.29, 0.717) is 5.82 Å². The molecule has 7 heteroatoms. The summed E-state index contributed by atoms with van der Waals surface area (Å²) in [5.74, 6) is 0.537. The fourth-order valence-corrected chi connectivity index (χ4v) is 4.30. The molecule has 0 saturated carbocycles. The van der Waals surface area contributed by atoms with E-state index in [1.54, 1.807) is 0 Å². The van der Waals surface area contributed by atoms with Crippen molar-refractivity contribution < 1.29 is 0 Å². The van der Waals surface area contributed by atoms with E-state index in [1.807, 2.05) is 12.3 Å². The molecule has 1 aliphatic rings. The quantitative estimate of drug-likeness (QED) is 0.541. The number of nitrogen functional groups attached to an aromatic ring is 1. The van der Waals surface area contributed by atoms with Gasteiger partial charge in [0.2, 0.25) is 0 Å². The second-order valence-electron chi connectivity index (χ2n) is 7.68. The SMILES string of the molecule is Nc1ncnc2cc(CN3CCN(Cc4ccc5c(Cl)c[nH]c5c4)CC3)ccc12. The topological polar surface area (TPSA) is 74.1 Å². The van der Waals surface area contributed by atoms with E-state index in [2.05, 4.69) is 55.1 Å². The average molecular weight is 407 g/mol. The number of H-pyrrole nitrogens is 1. The lowest BCUT2D eigenvalue weighted by atomic mass is 10.1. The van der Waals surface area contributed by atoms with Crippen LogP contribution >= 0.6 is 11.6 Å². The van der Waals surface area contributed by atoms with Gasteiger partial charge < -0.3 is 10.7 Å². The highest BCUT2D eigenvalue weighted by Crippen LogP contribution is 2.24. The zero-order valence-corrected chi connectivity index (χ0v) is 16.9. The van der Waals surface area contributed by atoms with Gasteiger partial charge in [0.1, 0.15) is 12.1 Å². The molecule has 0 unspecified atom stereocenters. The van der Waals surface area contributed by atoms with Crippen molar-refractivity contribution in [1.82, 2.24) is 24.8 Å². The van der Waals surface area contributed by atoms with Gasteiger partial charge >= 0.3 is 0 Å². The second kappa shape index (κ2) is 7.63. The molecule has 0 bridgehead atoms. The van der Waals surface area contributed by atoms with Crippen LogP contribution in [0.25, 0.3) is 21.8 Å². The van der Waals surface area contributed by atoms with E-state index in [0.717, 1.165) is 66.1 Å². The largest absolute Gasteiger partial charge is 0.383 e. The zero-order valence-electron chi connectivity index (χ0n) is 16.1. The van der Waals surface area contributed by atoms with Crippen molar-refractivity contribution in [1.29, 1.82) is 0 Å². The van der Waals surface area contributed by atoms with Crippen LogP contribution in [0.3, 0.4) is 0 Å². The van der Waals surface area contributed by atoms with Crippen molar-refractivity contribution in [3.05, 3.63) is 65.1 Å². The number of piperazine rings is 1. The van der Waals surface area contributed by atoms with Crippen LogP contribution < -0.4 is 5.73 Å². The average Bonchev–Trinajstić information content (AvgIpc) is 3.10. The minimum absolute atomic E-state index is 0.537. The number of benzene rings is 2. The van der Waals surface area contributed by atoms with Crippen molar-refractivity contribution in [2.75, 3.05) is 31.9 Å². The summed E-state index contributed by atoms with van der Waals surface area (Å²) >= 11 is 6.18. The van der Waals surface area contributed by atoms with Gasteiger partial charge in [-0.15, -0.1) is 0 Å². The van der Waals surface area contributed by atoms with E-state index in [9.17, 15) is 0 Å². The van der Waals surface area contributed by atoms with Crippen molar-refractivity contribution in [2.45, 2.75) is 13.1 Å². The summed E-state index contributed by atoms with van der Waals surface area (Å²) in [6.45, 7) is 6.13. The van der Waals surface area contributed by atoms with E-state index in [-0.39, 0.29) is 0 Å². The molecule has 0 aliphatic carbocycles. The van der Waals surface area contributed by atoms with Crippen LogP contribution in [-0.4, -0.2) is 50.9 Å². The molecule has 0 atom stereocenters. The van der Waals surface area contributed by atoms with E-state index >= 15 is 0 Å². The number of halogens is 1. The van der Waals surface area contributed by atoms with E-state index < -0.39 is 0 Å². The Bertz CT molecular complexity index is 1160. The number of aromatic amines is 1. The number of hydrogen-bond acceptors (Lipinski definition) is 5. The van der Waals surface area contributed by atoms with Crippen LogP contribution in [0.15, 0.2) is 48.9 Å². The monoisotopic (exact) mass is 406 g/mol. The predicted octanol–water partition coefficient (Wildman–Crippen LogP) is 3.66. The third kappa shape index (κ3) is 3.79. The number of anilines is 1. The van der Waals surface area contributed by atoms with Crippen LogP contribution in [-0.2, 0) is 13.1 Å². The maximum Gasteiger partial charge on any atom is 0.134 e. The molecule has 148 valence electrons. The number of fused-ring (bicyclic) bond motifs is 2. The summed E-state index contributed by atoms with van der Waals surface area (Å²) in [6, 6.07) is 12.8. The highest BCUT2D eigenvalue weighted by Gasteiger charge is 2.18. The van der Waals surface area contributed by atoms with Crippen LogP contribution in [0.4, 0.5) is 5.82 Å². The Morgan fingerprint density at radius 1 is 0.897 bits per heavy atom. The van der Waals surface area contributed by atoms with E-state index in [1.165, 1.54) is 17.5 Å². The number of nitrogens with two attached hydrogens (primary N) is 1. The Morgan fingerprint density at radius 2 is 1.55 bits per heavy atom. The second-order valence-corrected chi connectivity index (χ2v) is 8.09. The number of nitrogens with one attached hydrogen (secondary N) is 1. The van der Waals surface area contributed by atoms with Crippen LogP contribution in [0, 0.1) is 0 Å². The molecule has 2 aromatic carbocycles. The minimum atomic E-state index is 0.537. The van der Waals surface area contributed by atoms with Crippen molar-refractivity contribution in [3.8, 4) is 0 Å². The highest BCUT2D eigenvalue weighted by atomic mass is 35.5. The number of rotatable bonds is 4. The Morgan fingerprint density at radius 3 is 2.28 bits per heavy atom. The lowest BCUT2D eigenvalue weighted by Gasteiger charge is -2.34. The van der Waals surface area contributed by atoms with Gasteiger partial charge in [-0.3, -0.25) is 9.80 Å². The zero-order chi connectivity index (χ0) is 19.8. The molecule has 3 N–H and O–H groups in total. The lowest BCUT2D eigenvalue weighted by Crippen LogP contribution is -2.45. The molecular weight excluding hydrogens is 384 g/mol. The predicted molar refractivity (Wildman–Crippen MR) is 118 cm³/mol. The molecule has 0 spiro atoms. The lowest BCUT2D eigenvalue weighted by molar-refractivity contribution is 0.122. The summed E-state index contributed by atoms with van der Waals surface area (Å²) in [6.07, 6.45) is 3.38. The molecule has 0 radical (unpaired) electrons. The number of nitrogens with zero attached hydrogens (tertiary/aromatic N) is 4. The van der Waals surface area contributed by atoms with Gasteiger partial charge in [-0.1, -0.05) is 29.8 Å². The van der Waals surface area contributed by atoms with Gasteiger partial charge in [0.25, 0.3) is 0 Å². The van der Waals surface area contributed by atoms with Gasteiger partial charge in [0.05, 0.1) is 10.5 Å². The first-order valence-corrected chi connectivity index (χ1v) is 10.2. The molecular formula is C22H23ClN6. The fourth-order valence-electron chi connectivity index (χ4n) is 4.08. The Balaban J connectivity index is 1.20. The van der Waals surface area contributed by atoms with Gasteiger partial charge in [-0.05, 0) is 29.3 Å². The highest BCUT2D eigenvalue weighted by molar-refractivity contribution is 6.35. The molecule has 6 nitrogen and oxygen atoms in total. The van der Waals surface area contributed by atoms with Crippen molar-refractivity contribution >= 4 is 39.2 Å². The van der Waals surface area contributed by atoms with Crippen molar-refractivity contribution in [2.24, 2.45) is 0 Å². The first-order valence-electron chi connectivity index (χ1n) is 9.85. The molecule has 1 aliphatic heterocycles. The maximum atomic E-state index is 6.18. The van der Waals surface area contributed by atoms with Gasteiger partial charge in [-0.2, -0.15) is 0 Å². The Labute approximate surface area is 174 Å². The van der Waals surface area contributed by atoms with Crippen LogP contribution in [0.5, 0.6) is 0 Å². The first-order chi connectivity index (χ1) is 14.2. The molecule has 1 saturated heterocycles. The van der Waals surface area contributed by atoms with E-state index in [4.69, 9.17) is 17.3 Å². The molecule has 1 fully saturated rings. The van der Waals surface area contributed by atoms with Crippen molar-refractivity contribution in [3.63, 3.8) is 0 Å². The summed E-state index contributed by atoms with van der Waals surface area (Å²) < 4.78 is 0. The number of hydrogen-bond donors (Lipinski definition) is 2. The summed E-state index contributed by atoms with van der Waals surface area (Å²) in [5, 5.41) is 2.78. The summed E-state index contributed by atoms with van der Waals surface area (Å²) in [5.41, 5.74) is 10.5. The standard InChI is InChI=1S/C22H23ClN6/c23-19-11-25-20-9-15(1-3-17(19)20)12-28-5-7-29(8-6-28)13-16-2-4-18-21(10-16)26-14-27-22(18)24/h1-4,9-11,14,25H,5-8,12-13H2,(H2,24,26,27). The number of aromatic nitrogens is 3. The molecule has 5 rings (SSSR count). The maximum absolute atomic E-state index is 6.18. The van der Waals surface area contributed by atoms with Gasteiger partial charge in [-0.25, -0.2) is 9.97 Å². The third-order valence-electron chi connectivity index (χ3n) is 5.70. The Kier molecular flexibility index (Phi) is 4.83. The first kappa shape index (κ1) is 18.4. The Hall–Kier alpha value is -2.67. The minimum Gasteiger partial charge on any atom is -0.383 e. The smallest absolute Gasteiger partial charge is 0.134 e. The van der Waals surface area contributed by atoms with Crippen LogP contribution in [0.1, 0.15) is 11.1 Å². The normalized spacial score (nSPS) is 16.0. The van der Waals surface area contributed by atoms with Gasteiger partial charge in [0, 0.05) is 61.8 Å². The molecule has 29 heavy (non-hydrogen) atoms. The molecule has 0 amide bonds. The fraction of sp³-hybridized carbons (Fsp3) is 0.273. The molecule has 4 aromatic rings. The molecule has 2 aromatic heterocycles. The summed E-state index contributed by atoms with van der Waals surface area (Å²) in [4.78, 5) is 16.7. The molecule has 3 heterocycles. The summed E-state index contributed by atoms with van der Waals surface area (Å²) in [7, 11) is 0. The van der Waals surface area contributed by atoms with Gasteiger partial charge in [0.15, 0.2) is 0 Å².